The third kappa shape index (κ3) is 4.37. The highest BCUT2D eigenvalue weighted by atomic mass is 32.1. The number of likely N-dealkylation sites (tertiary alicyclic amines) is 1. The molecule has 5 nitrogen and oxygen atoms in total. The second-order valence-corrected chi connectivity index (χ2v) is 8.37. The third-order valence-electron chi connectivity index (χ3n) is 5.46. The van der Waals surface area contributed by atoms with Crippen LogP contribution in [0.4, 0.5) is 0 Å². The smallest absolute Gasteiger partial charge is 0.227 e. The molecule has 0 saturated carbocycles. The summed E-state index contributed by atoms with van der Waals surface area (Å²) in [5.74, 6) is 1.48. The van der Waals surface area contributed by atoms with Crippen molar-refractivity contribution >= 4 is 17.2 Å². The Balaban J connectivity index is 1.26. The summed E-state index contributed by atoms with van der Waals surface area (Å²) in [6.07, 6.45) is 3.83. The van der Waals surface area contributed by atoms with Gasteiger partial charge in [0.2, 0.25) is 5.91 Å². The van der Waals surface area contributed by atoms with E-state index >= 15 is 0 Å². The normalized spacial score (nSPS) is 22.6. The summed E-state index contributed by atoms with van der Waals surface area (Å²) in [6, 6.07) is 8.24. The molecule has 1 unspecified atom stereocenters. The van der Waals surface area contributed by atoms with Crippen LogP contribution in [0.15, 0.2) is 40.3 Å². The molecule has 0 bridgehead atoms. The van der Waals surface area contributed by atoms with Crippen molar-refractivity contribution in [3.05, 3.63) is 46.5 Å². The van der Waals surface area contributed by atoms with Crippen molar-refractivity contribution in [2.75, 3.05) is 39.3 Å². The average Bonchev–Trinajstić information content (AvgIpc) is 3.36. The molecule has 2 aliphatic heterocycles. The lowest BCUT2D eigenvalue weighted by Gasteiger charge is -2.38. The van der Waals surface area contributed by atoms with Gasteiger partial charge in [0.25, 0.3) is 0 Å². The van der Waals surface area contributed by atoms with Gasteiger partial charge in [-0.05, 0) is 43.0 Å². The molecule has 2 aromatic heterocycles. The molecule has 2 fully saturated rings. The summed E-state index contributed by atoms with van der Waals surface area (Å²) in [7, 11) is 0. The van der Waals surface area contributed by atoms with Crippen LogP contribution in [-0.2, 0) is 17.9 Å². The quantitative estimate of drug-likeness (QED) is 0.808. The number of rotatable bonds is 5. The van der Waals surface area contributed by atoms with Gasteiger partial charge >= 0.3 is 0 Å². The van der Waals surface area contributed by atoms with Gasteiger partial charge in [-0.3, -0.25) is 14.6 Å². The number of carbonyl (C=O) groups is 1. The summed E-state index contributed by atoms with van der Waals surface area (Å²) in [5.41, 5.74) is 0. The summed E-state index contributed by atoms with van der Waals surface area (Å²) in [5, 5.41) is 2.13. The number of hydrogen-bond donors (Lipinski definition) is 0. The van der Waals surface area contributed by atoms with Crippen molar-refractivity contribution < 1.29 is 9.21 Å². The first-order valence-corrected chi connectivity index (χ1v) is 10.4. The van der Waals surface area contributed by atoms with E-state index in [1.807, 2.05) is 23.5 Å². The molecule has 2 aliphatic rings. The van der Waals surface area contributed by atoms with Crippen LogP contribution >= 0.6 is 11.3 Å². The minimum atomic E-state index is 0.141. The molecule has 140 valence electrons. The molecular weight excluding hydrogens is 346 g/mol. The molecule has 1 atom stereocenters. The fourth-order valence-corrected chi connectivity index (χ4v) is 4.78. The Kier molecular flexibility index (Phi) is 5.72. The van der Waals surface area contributed by atoms with Crippen molar-refractivity contribution in [3.8, 4) is 0 Å². The third-order valence-corrected chi connectivity index (χ3v) is 6.32. The second kappa shape index (κ2) is 8.37. The second-order valence-electron chi connectivity index (χ2n) is 7.33. The molecule has 2 saturated heterocycles. The van der Waals surface area contributed by atoms with Crippen molar-refractivity contribution in [2.45, 2.75) is 25.9 Å². The maximum Gasteiger partial charge on any atom is 0.227 e. The van der Waals surface area contributed by atoms with Crippen LogP contribution in [0.2, 0.25) is 0 Å². The maximum absolute atomic E-state index is 13.0. The molecule has 0 aromatic carbocycles. The zero-order valence-electron chi connectivity index (χ0n) is 15.2. The van der Waals surface area contributed by atoms with Gasteiger partial charge in [-0.2, -0.15) is 0 Å². The van der Waals surface area contributed by atoms with Gasteiger partial charge in [0.1, 0.15) is 5.76 Å². The Morgan fingerprint density at radius 2 is 1.96 bits per heavy atom. The lowest BCUT2D eigenvalue weighted by atomic mass is 9.96. The molecule has 26 heavy (non-hydrogen) atoms. The Morgan fingerprint density at radius 1 is 1.08 bits per heavy atom. The predicted octanol–water partition coefficient (Wildman–Crippen LogP) is 2.90. The van der Waals surface area contributed by atoms with Gasteiger partial charge < -0.3 is 9.32 Å². The molecule has 0 N–H and O–H groups in total. The van der Waals surface area contributed by atoms with Gasteiger partial charge in [0.15, 0.2) is 0 Å². The highest BCUT2D eigenvalue weighted by Crippen LogP contribution is 2.22. The number of nitrogens with zero attached hydrogens (tertiary/aromatic N) is 3. The fourth-order valence-electron chi connectivity index (χ4n) is 4.03. The zero-order valence-corrected chi connectivity index (χ0v) is 16.0. The van der Waals surface area contributed by atoms with Crippen molar-refractivity contribution in [1.82, 2.24) is 14.7 Å². The molecule has 0 spiro atoms. The van der Waals surface area contributed by atoms with Gasteiger partial charge in [-0.25, -0.2) is 0 Å². The first-order chi connectivity index (χ1) is 12.8. The number of furan rings is 1. The van der Waals surface area contributed by atoms with Gasteiger partial charge in [0, 0.05) is 44.1 Å². The molecule has 1 amide bonds. The lowest BCUT2D eigenvalue weighted by Crippen LogP contribution is -2.52. The molecule has 6 heteroatoms. The molecule has 0 aliphatic carbocycles. The molecular formula is C20H27N3O2S. The lowest BCUT2D eigenvalue weighted by molar-refractivity contribution is -0.139. The summed E-state index contributed by atoms with van der Waals surface area (Å²) < 4.78 is 5.46. The summed E-state index contributed by atoms with van der Waals surface area (Å²) in [4.78, 5) is 21.3. The summed E-state index contributed by atoms with van der Waals surface area (Å²) in [6.45, 7) is 7.41. The van der Waals surface area contributed by atoms with E-state index in [9.17, 15) is 4.79 Å². The Morgan fingerprint density at radius 3 is 2.69 bits per heavy atom. The van der Waals surface area contributed by atoms with Gasteiger partial charge in [-0.15, -0.1) is 11.3 Å². The van der Waals surface area contributed by atoms with E-state index in [4.69, 9.17) is 4.42 Å². The number of amides is 1. The van der Waals surface area contributed by atoms with E-state index in [1.54, 1.807) is 6.26 Å². The molecule has 4 rings (SSSR count). The number of piperidine rings is 1. The number of carbonyl (C=O) groups excluding carboxylic acids is 1. The van der Waals surface area contributed by atoms with Crippen molar-refractivity contribution in [3.63, 3.8) is 0 Å². The van der Waals surface area contributed by atoms with Crippen LogP contribution < -0.4 is 0 Å². The average molecular weight is 374 g/mol. The Labute approximate surface area is 159 Å². The van der Waals surface area contributed by atoms with Crippen LogP contribution in [0.3, 0.4) is 0 Å². The minimum absolute atomic E-state index is 0.141. The number of hydrogen-bond acceptors (Lipinski definition) is 5. The first kappa shape index (κ1) is 17.8. The predicted molar refractivity (Wildman–Crippen MR) is 103 cm³/mol. The topological polar surface area (TPSA) is 39.9 Å². The monoisotopic (exact) mass is 373 g/mol. The Hall–Kier alpha value is -1.63. The van der Waals surface area contributed by atoms with Gasteiger partial charge in [-0.1, -0.05) is 6.07 Å². The zero-order chi connectivity index (χ0) is 17.8. The number of piperazine rings is 1. The highest BCUT2D eigenvalue weighted by molar-refractivity contribution is 7.09. The van der Waals surface area contributed by atoms with E-state index < -0.39 is 0 Å². The Bertz CT molecular complexity index is 678. The van der Waals surface area contributed by atoms with E-state index in [-0.39, 0.29) is 5.92 Å². The largest absolute Gasteiger partial charge is 0.468 e. The van der Waals surface area contributed by atoms with Crippen LogP contribution in [-0.4, -0.2) is 59.9 Å². The highest BCUT2D eigenvalue weighted by Gasteiger charge is 2.31. The SMILES string of the molecule is O=C(C1CCCN(Cc2ccco2)C1)N1CCN(Cc2cccs2)CC1. The van der Waals surface area contributed by atoms with Gasteiger partial charge in [0.05, 0.1) is 18.7 Å². The number of thiophene rings is 1. The standard InChI is InChI=1S/C20H27N3O2S/c24-20(17-4-1-7-22(14-17)15-18-5-2-12-25-18)23-10-8-21(9-11-23)16-19-6-3-13-26-19/h2-3,5-6,12-13,17H,1,4,7-11,14-16H2. The minimum Gasteiger partial charge on any atom is -0.468 e. The maximum atomic E-state index is 13.0. The summed E-state index contributed by atoms with van der Waals surface area (Å²) >= 11 is 1.81. The first-order valence-electron chi connectivity index (χ1n) is 9.56. The van der Waals surface area contributed by atoms with E-state index in [0.717, 1.165) is 71.0 Å². The van der Waals surface area contributed by atoms with E-state index in [2.05, 4.69) is 32.2 Å². The van der Waals surface area contributed by atoms with Crippen LogP contribution in [0.1, 0.15) is 23.5 Å². The van der Waals surface area contributed by atoms with Crippen LogP contribution in [0.5, 0.6) is 0 Å². The molecule has 2 aromatic rings. The van der Waals surface area contributed by atoms with E-state index in [1.165, 1.54) is 4.88 Å². The molecule has 4 heterocycles. The van der Waals surface area contributed by atoms with Crippen LogP contribution in [0, 0.1) is 5.92 Å². The van der Waals surface area contributed by atoms with Crippen LogP contribution in [0.25, 0.3) is 0 Å². The molecule has 0 radical (unpaired) electrons. The fraction of sp³-hybridized carbons (Fsp3) is 0.550. The van der Waals surface area contributed by atoms with Crippen molar-refractivity contribution in [2.24, 2.45) is 5.92 Å². The van der Waals surface area contributed by atoms with Crippen molar-refractivity contribution in [1.29, 1.82) is 0 Å². The van der Waals surface area contributed by atoms with E-state index in [0.29, 0.717) is 5.91 Å².